The molecule has 15 heteroatoms. The SMILES string of the molecule is Cc1ccc(C(=O)Nc2ccc(Oc3ccc4nc(NC(=O)C5CC5)cn4c3)c(F)c2)[n+](O)c1-c1cccc(F)c1.Cc1ccc(S(=O)(=O)O)cc1. The predicted molar refractivity (Wildman–Crippen MR) is 186 cm³/mol. The van der Waals surface area contributed by atoms with Crippen molar-refractivity contribution in [3.8, 4) is 22.8 Å². The zero-order valence-electron chi connectivity index (χ0n) is 27.7. The molecule has 1 aliphatic rings. The van der Waals surface area contributed by atoms with Gasteiger partial charge < -0.3 is 19.8 Å². The summed E-state index contributed by atoms with van der Waals surface area (Å²) in [6, 6.07) is 21.9. The average molecular weight is 729 g/mol. The van der Waals surface area contributed by atoms with E-state index in [-0.39, 0.29) is 39.5 Å². The second-order valence-corrected chi connectivity index (χ2v) is 13.5. The van der Waals surface area contributed by atoms with Crippen LogP contribution in [0.5, 0.6) is 11.5 Å². The number of aryl methyl sites for hydroxylation is 2. The number of anilines is 2. The summed E-state index contributed by atoms with van der Waals surface area (Å²) in [5, 5.41) is 16.1. The molecule has 0 saturated heterocycles. The lowest BCUT2D eigenvalue weighted by Crippen LogP contribution is -2.42. The molecule has 0 spiro atoms. The molecule has 2 amide bonds. The largest absolute Gasteiger partial charge is 0.453 e. The van der Waals surface area contributed by atoms with Crippen molar-refractivity contribution in [1.29, 1.82) is 0 Å². The van der Waals surface area contributed by atoms with Gasteiger partial charge in [0.1, 0.15) is 17.2 Å². The second kappa shape index (κ2) is 14.6. The fraction of sp³-hybridized carbons (Fsp3) is 0.135. The Hall–Kier alpha value is -6.19. The van der Waals surface area contributed by atoms with Gasteiger partial charge in [0.25, 0.3) is 15.8 Å². The molecule has 3 heterocycles. The number of ether oxygens (including phenoxy) is 1. The number of hydrogen-bond donors (Lipinski definition) is 4. The van der Waals surface area contributed by atoms with Gasteiger partial charge in [-0.25, -0.2) is 13.8 Å². The fourth-order valence-corrected chi connectivity index (χ4v) is 5.64. The topological polar surface area (TPSA) is 163 Å². The molecular formula is C37H32F2N5O7S+. The van der Waals surface area contributed by atoms with Gasteiger partial charge >= 0.3 is 11.6 Å². The molecule has 3 aromatic carbocycles. The van der Waals surface area contributed by atoms with E-state index in [0.717, 1.165) is 24.5 Å². The summed E-state index contributed by atoms with van der Waals surface area (Å²) in [6.07, 6.45) is 5.03. The molecule has 0 bridgehead atoms. The Labute approximate surface area is 296 Å². The molecule has 7 rings (SSSR count). The van der Waals surface area contributed by atoms with E-state index in [0.29, 0.717) is 33.1 Å². The van der Waals surface area contributed by atoms with E-state index in [9.17, 15) is 32.0 Å². The van der Waals surface area contributed by atoms with Crippen LogP contribution in [0.2, 0.25) is 0 Å². The van der Waals surface area contributed by atoms with Gasteiger partial charge in [0, 0.05) is 34.0 Å². The maximum Gasteiger partial charge on any atom is 0.325 e. The number of pyridine rings is 2. The van der Waals surface area contributed by atoms with E-state index in [1.165, 1.54) is 48.5 Å². The first-order valence-electron chi connectivity index (χ1n) is 15.9. The fourth-order valence-electron chi connectivity index (χ4n) is 5.16. The van der Waals surface area contributed by atoms with Gasteiger partial charge in [-0.2, -0.15) is 8.42 Å². The van der Waals surface area contributed by atoms with E-state index in [1.807, 2.05) is 6.92 Å². The van der Waals surface area contributed by atoms with Gasteiger partial charge in [0.15, 0.2) is 17.4 Å². The van der Waals surface area contributed by atoms with Crippen LogP contribution in [0.25, 0.3) is 16.9 Å². The Balaban J connectivity index is 0.000000362. The number of hydrogen-bond acceptors (Lipinski definition) is 7. The van der Waals surface area contributed by atoms with Gasteiger partial charge in [-0.3, -0.25) is 19.3 Å². The molecule has 1 saturated carbocycles. The number of rotatable bonds is 8. The zero-order chi connectivity index (χ0) is 37.2. The van der Waals surface area contributed by atoms with E-state index in [1.54, 1.807) is 60.1 Å². The lowest BCUT2D eigenvalue weighted by Gasteiger charge is -2.10. The van der Waals surface area contributed by atoms with E-state index < -0.39 is 27.7 Å². The number of carbonyl (C=O) groups is 2. The van der Waals surface area contributed by atoms with E-state index in [2.05, 4.69) is 15.6 Å². The number of imidazole rings is 1. The quantitative estimate of drug-likeness (QED) is 0.0760. The minimum absolute atomic E-state index is 0.0495. The van der Waals surface area contributed by atoms with Gasteiger partial charge in [0.05, 0.1) is 22.9 Å². The first-order chi connectivity index (χ1) is 24.7. The van der Waals surface area contributed by atoms with Crippen molar-refractivity contribution in [2.45, 2.75) is 31.6 Å². The highest BCUT2D eigenvalue weighted by atomic mass is 32.2. The van der Waals surface area contributed by atoms with Crippen molar-refractivity contribution < 1.29 is 46.0 Å². The van der Waals surface area contributed by atoms with Crippen molar-refractivity contribution in [1.82, 2.24) is 9.38 Å². The van der Waals surface area contributed by atoms with E-state index in [4.69, 9.17) is 9.29 Å². The summed E-state index contributed by atoms with van der Waals surface area (Å²) in [4.78, 5) is 29.3. The van der Waals surface area contributed by atoms with Gasteiger partial charge in [-0.15, -0.1) is 0 Å². The van der Waals surface area contributed by atoms with Gasteiger partial charge in [-0.1, -0.05) is 23.8 Å². The third-order valence-electron chi connectivity index (χ3n) is 8.00. The number of carbonyl (C=O) groups excluding carboxylic acids is 2. The van der Waals surface area contributed by atoms with Crippen LogP contribution in [0.4, 0.5) is 20.3 Å². The Kier molecular flexibility index (Phi) is 9.99. The van der Waals surface area contributed by atoms with Crippen molar-refractivity contribution in [3.63, 3.8) is 0 Å². The number of nitrogens with zero attached hydrogens (tertiary/aromatic N) is 3. The zero-order valence-corrected chi connectivity index (χ0v) is 28.6. The van der Waals surface area contributed by atoms with Crippen LogP contribution in [-0.2, 0) is 14.9 Å². The Morgan fingerprint density at radius 1 is 0.923 bits per heavy atom. The molecule has 52 heavy (non-hydrogen) atoms. The summed E-state index contributed by atoms with van der Waals surface area (Å²) in [5.41, 5.74) is 2.80. The molecule has 0 unspecified atom stereocenters. The van der Waals surface area contributed by atoms with Gasteiger partial charge in [0.2, 0.25) is 5.91 Å². The average Bonchev–Trinajstić information content (AvgIpc) is 3.86. The molecule has 0 atom stereocenters. The Bertz CT molecular complexity index is 2430. The van der Waals surface area contributed by atoms with Crippen LogP contribution in [-0.4, -0.2) is 39.4 Å². The molecule has 0 aliphatic heterocycles. The summed E-state index contributed by atoms with van der Waals surface area (Å²) in [6.45, 7) is 3.56. The molecule has 3 aromatic heterocycles. The summed E-state index contributed by atoms with van der Waals surface area (Å²) >= 11 is 0. The smallest absolute Gasteiger partial charge is 0.325 e. The lowest BCUT2D eigenvalue weighted by atomic mass is 10.1. The maximum absolute atomic E-state index is 15.0. The molecular weight excluding hydrogens is 696 g/mol. The van der Waals surface area contributed by atoms with Crippen LogP contribution in [0.15, 0.2) is 108 Å². The molecule has 1 aliphatic carbocycles. The van der Waals surface area contributed by atoms with Crippen molar-refractivity contribution in [2.24, 2.45) is 5.92 Å². The van der Waals surface area contributed by atoms with Crippen LogP contribution in [0, 0.1) is 31.4 Å². The number of amides is 2. The maximum atomic E-state index is 15.0. The molecule has 266 valence electrons. The van der Waals surface area contributed by atoms with Crippen LogP contribution >= 0.6 is 0 Å². The number of nitrogens with one attached hydrogen (secondary N) is 2. The van der Waals surface area contributed by atoms with E-state index >= 15 is 0 Å². The minimum atomic E-state index is -4.02. The molecule has 1 fully saturated rings. The van der Waals surface area contributed by atoms with Crippen molar-refractivity contribution in [2.75, 3.05) is 10.6 Å². The monoisotopic (exact) mass is 728 g/mol. The standard InChI is InChI=1S/C30H23F2N5O4.C7H8O3S/c1-17-5-10-24(37(40)28(17)19-3-2-4-20(31)13-19)30(39)33-21-8-11-25(23(32)14-21)41-22-9-12-27-34-26(16-36(27)15-22)35-29(38)18-6-7-18;1-6-2-4-7(5-3-6)11(8,9)10/h2-5,8-16,18H,6-7H2,1H3,(H2-,33,35,38,39,40);2-5H,1H3,(H,8,9,10)/p+1. The third kappa shape index (κ3) is 8.39. The first kappa shape index (κ1) is 35.6. The number of benzene rings is 3. The normalized spacial score (nSPS) is 12.5. The minimum Gasteiger partial charge on any atom is -0.453 e. The number of aromatic nitrogens is 3. The molecule has 12 nitrogen and oxygen atoms in total. The highest BCUT2D eigenvalue weighted by molar-refractivity contribution is 7.85. The molecule has 4 N–H and O–H groups in total. The predicted octanol–water partition coefficient (Wildman–Crippen LogP) is 6.75. The molecule has 0 radical (unpaired) electrons. The van der Waals surface area contributed by atoms with Crippen LogP contribution in [0.1, 0.15) is 34.5 Å². The third-order valence-corrected chi connectivity index (χ3v) is 8.86. The summed E-state index contributed by atoms with van der Waals surface area (Å²) in [5.74, 6) is -1.24. The first-order valence-corrected chi connectivity index (χ1v) is 17.3. The lowest BCUT2D eigenvalue weighted by molar-refractivity contribution is -0.897. The summed E-state index contributed by atoms with van der Waals surface area (Å²) < 4.78 is 66.3. The highest BCUT2D eigenvalue weighted by Crippen LogP contribution is 2.31. The van der Waals surface area contributed by atoms with Crippen LogP contribution < -0.4 is 20.1 Å². The van der Waals surface area contributed by atoms with Crippen molar-refractivity contribution in [3.05, 3.63) is 132 Å². The molecule has 6 aromatic rings. The highest BCUT2D eigenvalue weighted by Gasteiger charge is 2.30. The number of halogens is 2. The van der Waals surface area contributed by atoms with Crippen molar-refractivity contribution >= 4 is 39.1 Å². The summed E-state index contributed by atoms with van der Waals surface area (Å²) in [7, 11) is -4.02. The van der Waals surface area contributed by atoms with Gasteiger partial charge in [-0.05, 0) is 87.4 Å². The second-order valence-electron chi connectivity index (χ2n) is 12.1. The Morgan fingerprint density at radius 2 is 1.67 bits per heavy atom. The Morgan fingerprint density at radius 3 is 2.35 bits per heavy atom. The number of fused-ring (bicyclic) bond motifs is 1. The van der Waals surface area contributed by atoms with Crippen LogP contribution in [0.3, 0.4) is 0 Å².